The second-order valence-electron chi connectivity index (χ2n) is 6.75. The van der Waals surface area contributed by atoms with Crippen molar-refractivity contribution in [3.8, 4) is 0 Å². The fourth-order valence-electron chi connectivity index (χ4n) is 3.24. The molecular formula is C21H23FN2O2. The molecule has 1 fully saturated rings. The molecule has 0 spiro atoms. The van der Waals surface area contributed by atoms with Crippen LogP contribution < -0.4 is 5.32 Å². The summed E-state index contributed by atoms with van der Waals surface area (Å²) in [4.78, 5) is 26.3. The molecule has 4 nitrogen and oxygen atoms in total. The second kappa shape index (κ2) is 7.79. The fraction of sp³-hybridized carbons (Fsp3) is 0.333. The Morgan fingerprint density at radius 3 is 2.46 bits per heavy atom. The Balaban J connectivity index is 1.74. The maximum atomic E-state index is 14.1. The quantitative estimate of drug-likeness (QED) is 0.759. The summed E-state index contributed by atoms with van der Waals surface area (Å²) in [7, 11) is 0. The topological polar surface area (TPSA) is 49.4 Å². The van der Waals surface area contributed by atoms with Crippen molar-refractivity contribution in [1.29, 1.82) is 0 Å². The number of amides is 1. The molecule has 2 aromatic rings. The smallest absolute Gasteiger partial charge is 0.238 e. The Morgan fingerprint density at radius 1 is 1.15 bits per heavy atom. The summed E-state index contributed by atoms with van der Waals surface area (Å²) < 4.78 is 14.1. The molecule has 0 aromatic heterocycles. The van der Waals surface area contributed by atoms with Crippen molar-refractivity contribution >= 4 is 17.4 Å². The van der Waals surface area contributed by atoms with Crippen molar-refractivity contribution in [3.05, 3.63) is 65.5 Å². The first-order valence-electron chi connectivity index (χ1n) is 8.87. The third-order valence-corrected chi connectivity index (χ3v) is 4.78. The van der Waals surface area contributed by atoms with Crippen molar-refractivity contribution in [3.63, 3.8) is 0 Å². The summed E-state index contributed by atoms with van der Waals surface area (Å²) in [5.41, 5.74) is 1.59. The Bertz CT molecular complexity index is 817. The highest BCUT2D eigenvalue weighted by molar-refractivity contribution is 6.04. The van der Waals surface area contributed by atoms with Gasteiger partial charge in [0, 0.05) is 23.2 Å². The van der Waals surface area contributed by atoms with Gasteiger partial charge < -0.3 is 5.32 Å². The molecule has 0 bridgehead atoms. The highest BCUT2D eigenvalue weighted by Crippen LogP contribution is 2.34. The number of hydrogen-bond donors (Lipinski definition) is 1. The summed E-state index contributed by atoms with van der Waals surface area (Å²) in [6.45, 7) is 3.56. The molecule has 1 N–H and O–H groups in total. The minimum atomic E-state index is -0.256. The lowest BCUT2D eigenvalue weighted by atomic mass is 10.1. The van der Waals surface area contributed by atoms with Crippen LogP contribution in [0.5, 0.6) is 0 Å². The Morgan fingerprint density at radius 2 is 1.81 bits per heavy atom. The standard InChI is InChI=1S/C21H23FN2O2/c1-14(17-7-3-5-9-19(17)22)24(16-11-12-16)13-21(26)23-20-10-6-4-8-18(20)15(2)25/h3-10,14,16H,11-13H2,1-2H3,(H,23,26). The lowest BCUT2D eigenvalue weighted by molar-refractivity contribution is -0.118. The number of Topliss-reactive ketones (excluding diaryl/α,β-unsaturated/α-hetero) is 1. The van der Waals surface area contributed by atoms with Crippen molar-refractivity contribution in [1.82, 2.24) is 4.90 Å². The Kier molecular flexibility index (Phi) is 5.47. The molecule has 0 radical (unpaired) electrons. The molecule has 0 aliphatic heterocycles. The predicted octanol–water partition coefficient (Wildman–Crippen LogP) is 4.19. The third-order valence-electron chi connectivity index (χ3n) is 4.78. The molecule has 26 heavy (non-hydrogen) atoms. The van der Waals surface area contributed by atoms with Crippen molar-refractivity contribution in [2.24, 2.45) is 0 Å². The molecule has 1 atom stereocenters. The van der Waals surface area contributed by atoms with Crippen molar-refractivity contribution in [2.75, 3.05) is 11.9 Å². The Labute approximate surface area is 153 Å². The monoisotopic (exact) mass is 354 g/mol. The van der Waals surface area contributed by atoms with Crippen molar-refractivity contribution in [2.45, 2.75) is 38.8 Å². The molecule has 1 unspecified atom stereocenters. The largest absolute Gasteiger partial charge is 0.324 e. The van der Waals surface area contributed by atoms with Gasteiger partial charge in [0.1, 0.15) is 5.82 Å². The Hall–Kier alpha value is -2.53. The van der Waals surface area contributed by atoms with Gasteiger partial charge in [0.15, 0.2) is 5.78 Å². The van der Waals surface area contributed by atoms with Crippen molar-refractivity contribution < 1.29 is 14.0 Å². The first-order valence-corrected chi connectivity index (χ1v) is 8.87. The van der Waals surface area contributed by atoms with Crippen LogP contribution in [0.4, 0.5) is 10.1 Å². The lowest BCUT2D eigenvalue weighted by Crippen LogP contribution is -2.37. The zero-order valence-corrected chi connectivity index (χ0v) is 15.0. The zero-order chi connectivity index (χ0) is 18.7. The number of anilines is 1. The maximum absolute atomic E-state index is 14.1. The predicted molar refractivity (Wildman–Crippen MR) is 99.6 cm³/mol. The van der Waals surface area contributed by atoms with E-state index >= 15 is 0 Å². The minimum Gasteiger partial charge on any atom is -0.324 e. The third kappa shape index (κ3) is 4.17. The SMILES string of the molecule is CC(=O)c1ccccc1NC(=O)CN(C1CC1)C(C)c1ccccc1F. The highest BCUT2D eigenvalue weighted by Gasteiger charge is 2.34. The van der Waals surface area contributed by atoms with E-state index in [9.17, 15) is 14.0 Å². The van der Waals surface area contributed by atoms with Crippen LogP contribution in [0.15, 0.2) is 48.5 Å². The fourth-order valence-corrected chi connectivity index (χ4v) is 3.24. The number of rotatable bonds is 7. The van der Waals surface area contributed by atoms with Gasteiger partial charge in [-0.25, -0.2) is 4.39 Å². The van der Waals surface area contributed by atoms with Gasteiger partial charge in [-0.1, -0.05) is 30.3 Å². The van der Waals surface area contributed by atoms with Gasteiger partial charge in [0.05, 0.1) is 12.2 Å². The van der Waals surface area contributed by atoms with E-state index in [4.69, 9.17) is 0 Å². The number of para-hydroxylation sites is 1. The second-order valence-corrected chi connectivity index (χ2v) is 6.75. The number of halogens is 1. The molecule has 1 aliphatic rings. The average molecular weight is 354 g/mol. The van der Waals surface area contributed by atoms with Gasteiger partial charge in [-0.15, -0.1) is 0 Å². The number of carbonyl (C=O) groups excluding carboxylic acids is 2. The molecule has 2 aromatic carbocycles. The molecule has 1 aliphatic carbocycles. The van der Waals surface area contributed by atoms with E-state index in [1.54, 1.807) is 36.4 Å². The summed E-state index contributed by atoms with van der Waals surface area (Å²) >= 11 is 0. The summed E-state index contributed by atoms with van der Waals surface area (Å²) in [5, 5.41) is 2.83. The van der Waals surface area contributed by atoms with E-state index in [0.717, 1.165) is 12.8 Å². The molecule has 1 amide bonds. The van der Waals surface area contributed by atoms with Gasteiger partial charge in [-0.3, -0.25) is 14.5 Å². The van der Waals surface area contributed by atoms with Gasteiger partial charge in [0.25, 0.3) is 0 Å². The van der Waals surface area contributed by atoms with Crippen LogP contribution in [0.1, 0.15) is 48.7 Å². The van der Waals surface area contributed by atoms with Gasteiger partial charge in [-0.2, -0.15) is 0 Å². The molecule has 0 saturated heterocycles. The van der Waals surface area contributed by atoms with E-state index in [1.807, 2.05) is 17.9 Å². The van der Waals surface area contributed by atoms with Gasteiger partial charge in [-0.05, 0) is 44.9 Å². The zero-order valence-electron chi connectivity index (χ0n) is 15.0. The first-order chi connectivity index (χ1) is 12.5. The maximum Gasteiger partial charge on any atom is 0.238 e. The van der Waals surface area contributed by atoms with E-state index in [-0.39, 0.29) is 30.1 Å². The minimum absolute atomic E-state index is 0.0975. The molecule has 1 saturated carbocycles. The summed E-state index contributed by atoms with van der Waals surface area (Å²) in [6.07, 6.45) is 2.02. The molecule has 136 valence electrons. The van der Waals surface area contributed by atoms with Crippen LogP contribution in [0.3, 0.4) is 0 Å². The van der Waals surface area contributed by atoms with Crippen LogP contribution in [0.25, 0.3) is 0 Å². The number of nitrogens with zero attached hydrogens (tertiary/aromatic N) is 1. The van der Waals surface area contributed by atoms with E-state index in [0.29, 0.717) is 22.9 Å². The number of hydrogen-bond acceptors (Lipinski definition) is 3. The van der Waals surface area contributed by atoms with Crippen LogP contribution in [-0.4, -0.2) is 29.2 Å². The normalized spacial score (nSPS) is 14.9. The van der Waals surface area contributed by atoms with Gasteiger partial charge in [0.2, 0.25) is 5.91 Å². The number of ketones is 1. The molecular weight excluding hydrogens is 331 g/mol. The van der Waals surface area contributed by atoms with E-state index < -0.39 is 0 Å². The molecule has 5 heteroatoms. The van der Waals surface area contributed by atoms with Gasteiger partial charge >= 0.3 is 0 Å². The number of carbonyl (C=O) groups is 2. The molecule has 0 heterocycles. The molecule has 3 rings (SSSR count). The summed E-state index contributed by atoms with van der Waals surface area (Å²) in [6, 6.07) is 13.7. The number of benzene rings is 2. The van der Waals surface area contributed by atoms with Crippen LogP contribution >= 0.6 is 0 Å². The number of nitrogens with one attached hydrogen (secondary N) is 1. The van der Waals surface area contributed by atoms with E-state index in [1.165, 1.54) is 13.0 Å². The first kappa shape index (κ1) is 18.3. The lowest BCUT2D eigenvalue weighted by Gasteiger charge is -2.29. The highest BCUT2D eigenvalue weighted by atomic mass is 19.1. The van der Waals surface area contributed by atoms with E-state index in [2.05, 4.69) is 5.32 Å². The van der Waals surface area contributed by atoms with Crippen LogP contribution in [0, 0.1) is 5.82 Å². The summed E-state index contributed by atoms with van der Waals surface area (Å²) in [5.74, 6) is -0.554. The van der Waals surface area contributed by atoms with Crippen LogP contribution in [-0.2, 0) is 4.79 Å². The van der Waals surface area contributed by atoms with Crippen LogP contribution in [0.2, 0.25) is 0 Å². The average Bonchev–Trinajstić information content (AvgIpc) is 3.45.